The molecule has 0 spiro atoms. The molecule has 0 atom stereocenters. The molecule has 0 aliphatic heterocycles. The van der Waals surface area contributed by atoms with E-state index in [2.05, 4.69) is 10.3 Å². The Labute approximate surface area is 118 Å². The molecule has 0 aromatic carbocycles. The lowest BCUT2D eigenvalue weighted by Gasteiger charge is -2.02. The molecule has 2 rings (SSSR count). The summed E-state index contributed by atoms with van der Waals surface area (Å²) in [6, 6.07) is 3.60. The molecule has 100 valence electrons. The Bertz CT molecular complexity index is 606. The van der Waals surface area contributed by atoms with E-state index in [0.29, 0.717) is 6.54 Å². The van der Waals surface area contributed by atoms with Crippen LogP contribution in [0.15, 0.2) is 28.9 Å². The van der Waals surface area contributed by atoms with Crippen molar-refractivity contribution in [3.05, 3.63) is 39.3 Å². The molecular formula is C11H11ClN4O2S. The third kappa shape index (κ3) is 2.94. The van der Waals surface area contributed by atoms with Gasteiger partial charge in [-0.05, 0) is 18.4 Å². The van der Waals surface area contributed by atoms with E-state index in [4.69, 9.17) is 22.2 Å². The van der Waals surface area contributed by atoms with Gasteiger partial charge in [-0.1, -0.05) is 22.8 Å². The molecule has 2 aromatic rings. The van der Waals surface area contributed by atoms with Crippen LogP contribution in [0.25, 0.3) is 0 Å². The second-order valence-electron chi connectivity index (χ2n) is 3.49. The fourth-order valence-corrected chi connectivity index (χ4v) is 2.25. The van der Waals surface area contributed by atoms with Crippen LogP contribution in [0.5, 0.6) is 0 Å². The third-order valence-electron chi connectivity index (χ3n) is 2.29. The lowest BCUT2D eigenvalue weighted by Crippen LogP contribution is -2.16. The highest BCUT2D eigenvalue weighted by Crippen LogP contribution is 2.16. The molecule has 2 heterocycles. The summed E-state index contributed by atoms with van der Waals surface area (Å²) in [6.45, 7) is 2.34. The molecule has 0 saturated carbocycles. The number of thiophene rings is 1. The summed E-state index contributed by atoms with van der Waals surface area (Å²) in [7, 11) is 0. The average molecular weight is 299 g/mol. The number of amidine groups is 1. The van der Waals surface area contributed by atoms with Crippen molar-refractivity contribution in [1.29, 1.82) is 0 Å². The lowest BCUT2D eigenvalue weighted by molar-refractivity contribution is 0.0502. The largest absolute Gasteiger partial charge is 0.385 e. The van der Waals surface area contributed by atoms with Gasteiger partial charge in [0.25, 0.3) is 0 Å². The van der Waals surface area contributed by atoms with Gasteiger partial charge in [-0.25, -0.2) is 4.79 Å². The maximum atomic E-state index is 11.9. The zero-order chi connectivity index (χ0) is 13.8. The number of rotatable bonds is 4. The highest BCUT2D eigenvalue weighted by atomic mass is 35.5. The van der Waals surface area contributed by atoms with Gasteiger partial charge in [-0.3, -0.25) is 4.68 Å². The van der Waals surface area contributed by atoms with Crippen molar-refractivity contribution >= 4 is 34.7 Å². The normalized spacial score (nSPS) is 11.6. The van der Waals surface area contributed by atoms with Gasteiger partial charge in [0.2, 0.25) is 0 Å². The summed E-state index contributed by atoms with van der Waals surface area (Å²) in [4.78, 5) is 17.4. The summed E-state index contributed by atoms with van der Waals surface area (Å²) < 4.78 is 1.43. The third-order valence-corrected chi connectivity index (χ3v) is 3.46. The molecule has 0 fully saturated rings. The van der Waals surface area contributed by atoms with Gasteiger partial charge in [0, 0.05) is 6.54 Å². The first-order chi connectivity index (χ1) is 9.13. The van der Waals surface area contributed by atoms with Gasteiger partial charge in [-0.15, -0.1) is 11.3 Å². The maximum absolute atomic E-state index is 11.9. The van der Waals surface area contributed by atoms with E-state index in [1.807, 2.05) is 18.4 Å². The van der Waals surface area contributed by atoms with Gasteiger partial charge < -0.3 is 10.6 Å². The van der Waals surface area contributed by atoms with Crippen molar-refractivity contribution in [2.24, 2.45) is 10.9 Å². The number of hydrogen-bond acceptors (Lipinski definition) is 5. The second kappa shape index (κ2) is 5.85. The van der Waals surface area contributed by atoms with Crippen LogP contribution in [0.4, 0.5) is 0 Å². The van der Waals surface area contributed by atoms with E-state index >= 15 is 0 Å². The second-order valence-corrected chi connectivity index (χ2v) is 4.84. The van der Waals surface area contributed by atoms with Crippen molar-refractivity contribution in [3.8, 4) is 0 Å². The SMILES string of the molecule is CCn1ncc(Cl)c1C(=O)O/N=C(\N)c1cccs1. The van der Waals surface area contributed by atoms with Crippen LogP contribution in [-0.2, 0) is 11.4 Å². The zero-order valence-corrected chi connectivity index (χ0v) is 11.6. The van der Waals surface area contributed by atoms with E-state index in [9.17, 15) is 4.79 Å². The minimum atomic E-state index is -0.691. The molecule has 19 heavy (non-hydrogen) atoms. The molecule has 0 bridgehead atoms. The summed E-state index contributed by atoms with van der Waals surface area (Å²) >= 11 is 7.27. The first kappa shape index (κ1) is 13.6. The first-order valence-electron chi connectivity index (χ1n) is 5.43. The quantitative estimate of drug-likeness (QED) is 0.405. The molecule has 6 nitrogen and oxygen atoms in total. The number of aryl methyl sites for hydroxylation is 1. The summed E-state index contributed by atoms with van der Waals surface area (Å²) in [5.41, 5.74) is 5.84. The highest BCUT2D eigenvalue weighted by Gasteiger charge is 2.19. The monoisotopic (exact) mass is 298 g/mol. The Hall–Kier alpha value is -1.86. The number of halogens is 1. The van der Waals surface area contributed by atoms with E-state index in [1.165, 1.54) is 22.2 Å². The number of hydrogen-bond donors (Lipinski definition) is 1. The standard InChI is InChI=1S/C11H11ClN4O2S/c1-2-16-9(7(12)6-14-16)11(17)18-15-10(13)8-4-3-5-19-8/h3-6H,2H2,1H3,(H2,13,15). The van der Waals surface area contributed by atoms with Crippen LogP contribution in [0.1, 0.15) is 22.3 Å². The van der Waals surface area contributed by atoms with Crippen molar-refractivity contribution < 1.29 is 9.63 Å². The van der Waals surface area contributed by atoms with Crippen LogP contribution < -0.4 is 5.73 Å². The molecule has 0 saturated heterocycles. The average Bonchev–Trinajstić information content (AvgIpc) is 3.04. The Morgan fingerprint density at radius 1 is 1.68 bits per heavy atom. The molecule has 2 N–H and O–H groups in total. The topological polar surface area (TPSA) is 82.5 Å². The molecule has 0 unspecified atom stereocenters. The lowest BCUT2D eigenvalue weighted by atomic mass is 10.4. The number of aromatic nitrogens is 2. The summed E-state index contributed by atoms with van der Waals surface area (Å²) in [5, 5.41) is 9.60. The van der Waals surface area contributed by atoms with Gasteiger partial charge in [0.1, 0.15) is 0 Å². The van der Waals surface area contributed by atoms with Crippen LogP contribution in [-0.4, -0.2) is 21.6 Å². The minimum absolute atomic E-state index is 0.141. The minimum Gasteiger partial charge on any atom is -0.380 e. The molecule has 0 aliphatic carbocycles. The van der Waals surface area contributed by atoms with Crippen LogP contribution >= 0.6 is 22.9 Å². The zero-order valence-electron chi connectivity index (χ0n) is 10.0. The maximum Gasteiger partial charge on any atom is 0.385 e. The Morgan fingerprint density at radius 2 is 2.47 bits per heavy atom. The molecule has 0 aliphatic rings. The van der Waals surface area contributed by atoms with Crippen LogP contribution in [0.2, 0.25) is 5.02 Å². The van der Waals surface area contributed by atoms with Gasteiger partial charge in [0.15, 0.2) is 11.5 Å². The van der Waals surface area contributed by atoms with Gasteiger partial charge in [0.05, 0.1) is 16.1 Å². The Balaban J connectivity index is 2.13. The van der Waals surface area contributed by atoms with Crippen LogP contribution in [0, 0.1) is 0 Å². The van der Waals surface area contributed by atoms with Gasteiger partial charge in [-0.2, -0.15) is 5.10 Å². The fourth-order valence-electron chi connectivity index (χ4n) is 1.41. The van der Waals surface area contributed by atoms with E-state index in [0.717, 1.165) is 4.88 Å². The molecule has 8 heteroatoms. The Kier molecular flexibility index (Phi) is 4.18. The molecular weight excluding hydrogens is 288 g/mol. The number of nitrogens with zero attached hydrogens (tertiary/aromatic N) is 3. The summed E-state index contributed by atoms with van der Waals surface area (Å²) in [5.74, 6) is -0.550. The predicted molar refractivity (Wildman–Crippen MR) is 73.4 cm³/mol. The van der Waals surface area contributed by atoms with Crippen LogP contribution in [0.3, 0.4) is 0 Å². The smallest absolute Gasteiger partial charge is 0.380 e. The molecule has 0 radical (unpaired) electrons. The molecule has 2 aromatic heterocycles. The fraction of sp³-hybridized carbons (Fsp3) is 0.182. The number of oxime groups is 1. The van der Waals surface area contributed by atoms with Crippen molar-refractivity contribution in [2.75, 3.05) is 0 Å². The van der Waals surface area contributed by atoms with E-state index < -0.39 is 5.97 Å². The van der Waals surface area contributed by atoms with Crippen molar-refractivity contribution in [2.45, 2.75) is 13.5 Å². The summed E-state index contributed by atoms with van der Waals surface area (Å²) in [6.07, 6.45) is 1.38. The van der Waals surface area contributed by atoms with E-state index in [-0.39, 0.29) is 16.6 Å². The predicted octanol–water partition coefficient (Wildman–Crippen LogP) is 2.10. The Morgan fingerprint density at radius 3 is 3.11 bits per heavy atom. The van der Waals surface area contributed by atoms with Gasteiger partial charge >= 0.3 is 5.97 Å². The number of carbonyl (C=O) groups is 1. The first-order valence-corrected chi connectivity index (χ1v) is 6.69. The number of carbonyl (C=O) groups excluding carboxylic acids is 1. The number of nitrogens with two attached hydrogens (primary N) is 1. The molecule has 0 amide bonds. The highest BCUT2D eigenvalue weighted by molar-refractivity contribution is 7.12. The van der Waals surface area contributed by atoms with Crippen molar-refractivity contribution in [3.63, 3.8) is 0 Å². The van der Waals surface area contributed by atoms with E-state index in [1.54, 1.807) is 6.07 Å². The van der Waals surface area contributed by atoms with Crippen molar-refractivity contribution in [1.82, 2.24) is 9.78 Å².